The van der Waals surface area contributed by atoms with E-state index in [1.54, 1.807) is 0 Å². The summed E-state index contributed by atoms with van der Waals surface area (Å²) < 4.78 is 0. The molecule has 0 aliphatic rings. The first-order valence-corrected chi connectivity index (χ1v) is 3.86. The van der Waals surface area contributed by atoms with Gasteiger partial charge in [0, 0.05) is 24.4 Å². The Morgan fingerprint density at radius 3 is 2.91 bits per heavy atom. The SMILES string of the molecule is Cc1cccnc1CC(C)N. The molecule has 2 heteroatoms. The lowest BCUT2D eigenvalue weighted by atomic mass is 10.1. The molecule has 0 bridgehead atoms. The second-order valence-electron chi connectivity index (χ2n) is 2.95. The van der Waals surface area contributed by atoms with Crippen molar-refractivity contribution >= 4 is 0 Å². The van der Waals surface area contributed by atoms with Crippen LogP contribution in [0.5, 0.6) is 0 Å². The van der Waals surface area contributed by atoms with Gasteiger partial charge >= 0.3 is 0 Å². The van der Waals surface area contributed by atoms with Crippen molar-refractivity contribution in [3.05, 3.63) is 29.6 Å². The van der Waals surface area contributed by atoms with E-state index in [0.717, 1.165) is 12.1 Å². The van der Waals surface area contributed by atoms with Crippen LogP contribution in [0.25, 0.3) is 0 Å². The van der Waals surface area contributed by atoms with Gasteiger partial charge in [-0.05, 0) is 25.5 Å². The van der Waals surface area contributed by atoms with Crippen LogP contribution in [-0.4, -0.2) is 11.0 Å². The Hall–Kier alpha value is -0.890. The van der Waals surface area contributed by atoms with Gasteiger partial charge in [-0.3, -0.25) is 4.98 Å². The minimum absolute atomic E-state index is 0.198. The molecule has 0 amide bonds. The molecule has 2 N–H and O–H groups in total. The maximum absolute atomic E-state index is 5.65. The molecule has 0 aromatic carbocycles. The van der Waals surface area contributed by atoms with Gasteiger partial charge in [0.2, 0.25) is 0 Å². The number of hydrogen-bond donors (Lipinski definition) is 1. The summed E-state index contributed by atoms with van der Waals surface area (Å²) in [6.45, 7) is 4.05. The highest BCUT2D eigenvalue weighted by Crippen LogP contribution is 2.04. The van der Waals surface area contributed by atoms with Gasteiger partial charge in [-0.25, -0.2) is 0 Å². The van der Waals surface area contributed by atoms with Crippen LogP contribution in [0.4, 0.5) is 0 Å². The van der Waals surface area contributed by atoms with E-state index in [1.165, 1.54) is 5.56 Å². The molecular formula is C9H14N2. The van der Waals surface area contributed by atoms with Gasteiger partial charge < -0.3 is 5.73 Å². The highest BCUT2D eigenvalue weighted by atomic mass is 14.7. The van der Waals surface area contributed by atoms with E-state index < -0.39 is 0 Å². The Bertz CT molecular complexity index is 231. The van der Waals surface area contributed by atoms with Crippen molar-refractivity contribution in [3.63, 3.8) is 0 Å². The zero-order valence-corrected chi connectivity index (χ0v) is 7.04. The van der Waals surface area contributed by atoms with E-state index in [0.29, 0.717) is 0 Å². The van der Waals surface area contributed by atoms with Crippen LogP contribution >= 0.6 is 0 Å². The van der Waals surface area contributed by atoms with Crippen molar-refractivity contribution in [2.45, 2.75) is 26.3 Å². The summed E-state index contributed by atoms with van der Waals surface area (Å²) in [7, 11) is 0. The molecule has 1 atom stereocenters. The fraction of sp³-hybridized carbons (Fsp3) is 0.444. The first-order valence-electron chi connectivity index (χ1n) is 3.86. The van der Waals surface area contributed by atoms with E-state index in [9.17, 15) is 0 Å². The molecule has 0 aliphatic carbocycles. The quantitative estimate of drug-likeness (QED) is 0.689. The lowest BCUT2D eigenvalue weighted by Gasteiger charge is -2.05. The molecule has 0 spiro atoms. The van der Waals surface area contributed by atoms with E-state index >= 15 is 0 Å². The van der Waals surface area contributed by atoms with E-state index in [4.69, 9.17) is 5.73 Å². The van der Waals surface area contributed by atoms with Crippen LogP contribution in [0.3, 0.4) is 0 Å². The maximum Gasteiger partial charge on any atom is 0.0448 e. The van der Waals surface area contributed by atoms with Crippen molar-refractivity contribution in [3.8, 4) is 0 Å². The van der Waals surface area contributed by atoms with E-state index in [1.807, 2.05) is 19.2 Å². The van der Waals surface area contributed by atoms with Crippen LogP contribution in [0.15, 0.2) is 18.3 Å². The minimum Gasteiger partial charge on any atom is -0.328 e. The predicted molar refractivity (Wildman–Crippen MR) is 46.3 cm³/mol. The highest BCUT2D eigenvalue weighted by Gasteiger charge is 2.00. The standard InChI is InChI=1S/C9H14N2/c1-7-4-3-5-11-9(7)6-8(2)10/h3-5,8H,6,10H2,1-2H3. The summed E-state index contributed by atoms with van der Waals surface area (Å²) in [6, 6.07) is 4.20. The Kier molecular flexibility index (Phi) is 2.60. The second kappa shape index (κ2) is 3.49. The van der Waals surface area contributed by atoms with Gasteiger partial charge in [0.1, 0.15) is 0 Å². The van der Waals surface area contributed by atoms with Crippen LogP contribution in [0.2, 0.25) is 0 Å². The summed E-state index contributed by atoms with van der Waals surface area (Å²) in [5, 5.41) is 0. The predicted octanol–water partition coefficient (Wildman–Crippen LogP) is 1.28. The number of aryl methyl sites for hydroxylation is 1. The molecule has 0 radical (unpaired) electrons. The molecule has 0 fully saturated rings. The van der Waals surface area contributed by atoms with Gasteiger partial charge in [-0.1, -0.05) is 6.07 Å². The Labute approximate surface area is 67.5 Å². The van der Waals surface area contributed by atoms with Crippen molar-refractivity contribution in [2.75, 3.05) is 0 Å². The number of hydrogen-bond acceptors (Lipinski definition) is 2. The average Bonchev–Trinajstić information content (AvgIpc) is 1.93. The van der Waals surface area contributed by atoms with Gasteiger partial charge in [0.25, 0.3) is 0 Å². The van der Waals surface area contributed by atoms with E-state index in [-0.39, 0.29) is 6.04 Å². The molecule has 60 valence electrons. The summed E-state index contributed by atoms with van der Waals surface area (Å²) in [5.41, 5.74) is 7.99. The topological polar surface area (TPSA) is 38.9 Å². The Morgan fingerprint density at radius 2 is 2.36 bits per heavy atom. The number of rotatable bonds is 2. The molecule has 0 aliphatic heterocycles. The van der Waals surface area contributed by atoms with Crippen molar-refractivity contribution in [1.82, 2.24) is 4.98 Å². The molecule has 1 aromatic rings. The first-order chi connectivity index (χ1) is 5.20. The number of pyridine rings is 1. The molecule has 0 saturated heterocycles. The molecular weight excluding hydrogens is 136 g/mol. The fourth-order valence-electron chi connectivity index (χ4n) is 1.04. The second-order valence-corrected chi connectivity index (χ2v) is 2.95. The van der Waals surface area contributed by atoms with Gasteiger partial charge in [-0.2, -0.15) is 0 Å². The van der Waals surface area contributed by atoms with Crippen LogP contribution in [-0.2, 0) is 6.42 Å². The zero-order valence-electron chi connectivity index (χ0n) is 7.04. The van der Waals surface area contributed by atoms with Crippen molar-refractivity contribution < 1.29 is 0 Å². The third-order valence-corrected chi connectivity index (χ3v) is 1.63. The minimum atomic E-state index is 0.198. The molecule has 2 nitrogen and oxygen atoms in total. The summed E-state index contributed by atoms with van der Waals surface area (Å²) in [5.74, 6) is 0. The van der Waals surface area contributed by atoms with E-state index in [2.05, 4.69) is 18.0 Å². The Morgan fingerprint density at radius 1 is 1.64 bits per heavy atom. The summed E-state index contributed by atoms with van der Waals surface area (Å²) in [6.07, 6.45) is 2.68. The van der Waals surface area contributed by atoms with Crippen LogP contribution < -0.4 is 5.73 Å². The molecule has 1 heterocycles. The first kappa shape index (κ1) is 8.21. The zero-order chi connectivity index (χ0) is 8.27. The van der Waals surface area contributed by atoms with Crippen LogP contribution in [0.1, 0.15) is 18.2 Å². The maximum atomic E-state index is 5.65. The normalized spacial score (nSPS) is 13.0. The number of aromatic nitrogens is 1. The van der Waals surface area contributed by atoms with Gasteiger partial charge in [0.15, 0.2) is 0 Å². The third kappa shape index (κ3) is 2.31. The Balaban J connectivity index is 2.78. The summed E-state index contributed by atoms with van der Waals surface area (Å²) >= 11 is 0. The van der Waals surface area contributed by atoms with Crippen molar-refractivity contribution in [1.29, 1.82) is 0 Å². The van der Waals surface area contributed by atoms with Gasteiger partial charge in [0.05, 0.1) is 0 Å². The number of nitrogens with zero attached hydrogens (tertiary/aromatic N) is 1. The average molecular weight is 150 g/mol. The lowest BCUT2D eigenvalue weighted by molar-refractivity contribution is 0.718. The summed E-state index contributed by atoms with van der Waals surface area (Å²) in [4.78, 5) is 4.24. The monoisotopic (exact) mass is 150 g/mol. The highest BCUT2D eigenvalue weighted by molar-refractivity contribution is 5.18. The number of nitrogens with two attached hydrogens (primary N) is 1. The molecule has 1 rings (SSSR count). The molecule has 1 unspecified atom stereocenters. The smallest absolute Gasteiger partial charge is 0.0448 e. The van der Waals surface area contributed by atoms with Crippen molar-refractivity contribution in [2.24, 2.45) is 5.73 Å². The molecule has 1 aromatic heterocycles. The van der Waals surface area contributed by atoms with Gasteiger partial charge in [-0.15, -0.1) is 0 Å². The molecule has 0 saturated carbocycles. The third-order valence-electron chi connectivity index (χ3n) is 1.63. The lowest BCUT2D eigenvalue weighted by Crippen LogP contribution is -2.19. The fourth-order valence-corrected chi connectivity index (χ4v) is 1.04. The van der Waals surface area contributed by atoms with Crippen LogP contribution in [0, 0.1) is 6.92 Å². The molecule has 11 heavy (non-hydrogen) atoms. The largest absolute Gasteiger partial charge is 0.328 e.